The summed E-state index contributed by atoms with van der Waals surface area (Å²) in [6.45, 7) is 0. The van der Waals surface area contributed by atoms with Crippen LogP contribution in [-0.4, -0.2) is 46.4 Å². The highest BCUT2D eigenvalue weighted by Crippen LogP contribution is 2.40. The minimum Gasteiger partial charge on any atom is -0.497 e. The highest BCUT2D eigenvalue weighted by atomic mass is 16.5. The standard InChI is InChI=1S/C32H34N6O4/c1-41-25-10-3-6-21(16-25)18-31(39)33-29-14-12-27(35-37-29)23-8-5-9-24(20-23)28-13-15-30(38-36-28)34-32(40)19-22-7-4-11-26(17-22)42-2/h3-4,6-7,10-17,23-24H,5,8-9,18-20H2,1-2H3,(H,33,37,39)(H,34,38,40)/t23-,24-/m1/s1. The van der Waals surface area contributed by atoms with Gasteiger partial charge in [-0.3, -0.25) is 9.59 Å². The summed E-state index contributed by atoms with van der Waals surface area (Å²) in [6, 6.07) is 22.3. The fourth-order valence-corrected chi connectivity index (χ4v) is 5.29. The van der Waals surface area contributed by atoms with Gasteiger partial charge in [-0.25, -0.2) is 0 Å². The highest BCUT2D eigenvalue weighted by molar-refractivity contribution is 5.91. The van der Waals surface area contributed by atoms with Crippen molar-refractivity contribution in [1.29, 1.82) is 0 Å². The Morgan fingerprint density at radius 3 is 1.57 bits per heavy atom. The molecular weight excluding hydrogens is 532 g/mol. The van der Waals surface area contributed by atoms with Crippen molar-refractivity contribution in [3.8, 4) is 11.5 Å². The van der Waals surface area contributed by atoms with E-state index < -0.39 is 0 Å². The zero-order valence-electron chi connectivity index (χ0n) is 23.7. The maximum absolute atomic E-state index is 12.5. The quantitative estimate of drug-likeness (QED) is 0.272. The first-order valence-electron chi connectivity index (χ1n) is 14.0. The average Bonchev–Trinajstić information content (AvgIpc) is 3.02. The first-order chi connectivity index (χ1) is 20.5. The number of rotatable bonds is 10. The molecule has 42 heavy (non-hydrogen) atoms. The topological polar surface area (TPSA) is 128 Å². The molecule has 2 aromatic heterocycles. The van der Waals surface area contributed by atoms with E-state index >= 15 is 0 Å². The Hall–Kier alpha value is -4.86. The van der Waals surface area contributed by atoms with Crippen molar-refractivity contribution in [2.45, 2.75) is 50.4 Å². The number of benzene rings is 2. The monoisotopic (exact) mass is 566 g/mol. The number of carbonyl (C=O) groups is 2. The van der Waals surface area contributed by atoms with E-state index in [0.717, 1.165) is 48.2 Å². The van der Waals surface area contributed by atoms with Crippen LogP contribution in [0.15, 0.2) is 72.8 Å². The molecule has 2 N–H and O–H groups in total. The van der Waals surface area contributed by atoms with Crippen LogP contribution in [0.2, 0.25) is 0 Å². The van der Waals surface area contributed by atoms with E-state index in [-0.39, 0.29) is 36.5 Å². The van der Waals surface area contributed by atoms with Crippen LogP contribution in [0.3, 0.4) is 0 Å². The van der Waals surface area contributed by atoms with Crippen LogP contribution in [0.1, 0.15) is 60.0 Å². The molecule has 10 nitrogen and oxygen atoms in total. The lowest BCUT2D eigenvalue weighted by atomic mass is 9.78. The number of hydrogen-bond donors (Lipinski definition) is 2. The number of nitrogens with zero attached hydrogens (tertiary/aromatic N) is 4. The van der Waals surface area contributed by atoms with E-state index in [1.807, 2.05) is 60.7 Å². The SMILES string of the molecule is COc1cccc(CC(=O)Nc2ccc([C@@H]3CCC[C@@H](c4ccc(NC(=O)Cc5cccc(OC)c5)nn4)C3)nn2)c1. The van der Waals surface area contributed by atoms with Gasteiger partial charge in [-0.05, 0) is 78.9 Å². The second-order valence-electron chi connectivity index (χ2n) is 10.4. The number of nitrogens with one attached hydrogen (secondary N) is 2. The number of ether oxygens (including phenoxy) is 2. The first-order valence-corrected chi connectivity index (χ1v) is 14.0. The lowest BCUT2D eigenvalue weighted by Gasteiger charge is -2.28. The van der Waals surface area contributed by atoms with Gasteiger partial charge in [-0.1, -0.05) is 30.7 Å². The zero-order valence-corrected chi connectivity index (χ0v) is 23.7. The second kappa shape index (κ2) is 13.7. The Morgan fingerprint density at radius 2 is 1.17 bits per heavy atom. The lowest BCUT2D eigenvalue weighted by Crippen LogP contribution is -2.18. The van der Waals surface area contributed by atoms with Gasteiger partial charge < -0.3 is 20.1 Å². The molecule has 0 saturated heterocycles. The van der Waals surface area contributed by atoms with Crippen LogP contribution in [0.4, 0.5) is 11.6 Å². The Balaban J connectivity index is 1.13. The molecule has 1 saturated carbocycles. The van der Waals surface area contributed by atoms with Gasteiger partial charge in [0.05, 0.1) is 38.4 Å². The predicted molar refractivity (Wildman–Crippen MR) is 159 cm³/mol. The summed E-state index contributed by atoms with van der Waals surface area (Å²) >= 11 is 0. The summed E-state index contributed by atoms with van der Waals surface area (Å²) in [5, 5.41) is 23.0. The number of methoxy groups -OCH3 is 2. The summed E-state index contributed by atoms with van der Waals surface area (Å²) in [4.78, 5) is 25.0. The van der Waals surface area contributed by atoms with Crippen molar-refractivity contribution in [3.05, 3.63) is 95.3 Å². The van der Waals surface area contributed by atoms with Crippen LogP contribution in [-0.2, 0) is 22.4 Å². The van der Waals surface area contributed by atoms with Gasteiger partial charge in [0.15, 0.2) is 11.6 Å². The van der Waals surface area contributed by atoms with Gasteiger partial charge in [0.25, 0.3) is 0 Å². The molecule has 1 fully saturated rings. The summed E-state index contributed by atoms with van der Waals surface area (Å²) < 4.78 is 10.4. The van der Waals surface area contributed by atoms with Crippen LogP contribution in [0, 0.1) is 0 Å². The van der Waals surface area contributed by atoms with Gasteiger partial charge in [-0.15, -0.1) is 10.2 Å². The Kier molecular flexibility index (Phi) is 9.33. The molecule has 0 aliphatic heterocycles. The molecule has 216 valence electrons. The van der Waals surface area contributed by atoms with Gasteiger partial charge in [0.1, 0.15) is 11.5 Å². The van der Waals surface area contributed by atoms with Gasteiger partial charge in [0, 0.05) is 11.8 Å². The number of hydrogen-bond acceptors (Lipinski definition) is 8. The predicted octanol–water partition coefficient (Wildman–Crippen LogP) is 5.09. The van der Waals surface area contributed by atoms with Gasteiger partial charge in [0.2, 0.25) is 11.8 Å². The third kappa shape index (κ3) is 7.66. The molecule has 2 amide bonds. The fraction of sp³-hybridized carbons (Fsp3) is 0.312. The molecule has 0 unspecified atom stereocenters. The number of anilines is 2. The molecule has 2 atom stereocenters. The van der Waals surface area contributed by atoms with Crippen LogP contribution < -0.4 is 20.1 Å². The fourth-order valence-electron chi connectivity index (χ4n) is 5.29. The average molecular weight is 567 g/mol. The molecule has 2 aromatic carbocycles. The summed E-state index contributed by atoms with van der Waals surface area (Å²) in [6.07, 6.45) is 4.38. The normalized spacial score (nSPS) is 16.3. The largest absolute Gasteiger partial charge is 0.497 e. The molecule has 4 aromatic rings. The van der Waals surface area contributed by atoms with Crippen molar-refractivity contribution in [2.75, 3.05) is 24.9 Å². The van der Waals surface area contributed by atoms with Crippen molar-refractivity contribution in [1.82, 2.24) is 20.4 Å². The minimum absolute atomic E-state index is 0.165. The molecule has 10 heteroatoms. The van der Waals surface area contributed by atoms with Crippen LogP contribution >= 0.6 is 0 Å². The molecule has 2 heterocycles. The van der Waals surface area contributed by atoms with Crippen molar-refractivity contribution < 1.29 is 19.1 Å². The molecule has 1 aliphatic carbocycles. The summed E-state index contributed by atoms with van der Waals surface area (Å²) in [5.74, 6) is 2.42. The van der Waals surface area contributed by atoms with E-state index in [1.165, 1.54) is 0 Å². The second-order valence-corrected chi connectivity index (χ2v) is 10.4. The van der Waals surface area contributed by atoms with E-state index in [2.05, 4.69) is 31.0 Å². The molecule has 5 rings (SSSR count). The molecule has 1 aliphatic rings. The van der Waals surface area contributed by atoms with E-state index in [0.29, 0.717) is 23.1 Å². The Labute approximate surface area is 244 Å². The smallest absolute Gasteiger partial charge is 0.229 e. The van der Waals surface area contributed by atoms with Gasteiger partial charge >= 0.3 is 0 Å². The lowest BCUT2D eigenvalue weighted by molar-refractivity contribution is -0.116. The zero-order chi connectivity index (χ0) is 29.3. The van der Waals surface area contributed by atoms with E-state index in [1.54, 1.807) is 26.4 Å². The van der Waals surface area contributed by atoms with Crippen molar-refractivity contribution in [3.63, 3.8) is 0 Å². The van der Waals surface area contributed by atoms with E-state index in [9.17, 15) is 9.59 Å². The molecule has 0 spiro atoms. The van der Waals surface area contributed by atoms with Crippen molar-refractivity contribution >= 4 is 23.5 Å². The third-order valence-electron chi connectivity index (χ3n) is 7.41. The summed E-state index contributed by atoms with van der Waals surface area (Å²) in [7, 11) is 3.20. The number of amides is 2. The third-order valence-corrected chi connectivity index (χ3v) is 7.41. The maximum atomic E-state index is 12.5. The molecule has 0 radical (unpaired) electrons. The number of carbonyl (C=O) groups excluding carboxylic acids is 2. The first kappa shape index (κ1) is 28.7. The van der Waals surface area contributed by atoms with E-state index in [4.69, 9.17) is 9.47 Å². The highest BCUT2D eigenvalue weighted by Gasteiger charge is 2.27. The van der Waals surface area contributed by atoms with Crippen LogP contribution in [0.25, 0.3) is 0 Å². The number of aromatic nitrogens is 4. The summed E-state index contributed by atoms with van der Waals surface area (Å²) in [5.41, 5.74) is 3.52. The Morgan fingerprint density at radius 1 is 0.690 bits per heavy atom. The molecule has 0 bridgehead atoms. The maximum Gasteiger partial charge on any atom is 0.229 e. The minimum atomic E-state index is -0.165. The molecular formula is C32H34N6O4. The van der Waals surface area contributed by atoms with Gasteiger partial charge in [-0.2, -0.15) is 10.2 Å². The Bertz CT molecular complexity index is 1400. The van der Waals surface area contributed by atoms with Crippen LogP contribution in [0.5, 0.6) is 11.5 Å². The van der Waals surface area contributed by atoms with Crippen molar-refractivity contribution in [2.24, 2.45) is 0 Å².